The fraction of sp³-hybridized carbons (Fsp3) is 0.200. The Labute approximate surface area is 95.4 Å². The Bertz CT molecular complexity index is 420. The van der Waals surface area contributed by atoms with E-state index in [0.29, 0.717) is 0 Å². The maximum absolute atomic E-state index is 11.3. The number of anilines is 2. The number of aldehydes is 1. The number of benzene rings is 1. The number of rotatable bonds is 2. The molecule has 1 aromatic carbocycles. The lowest BCUT2D eigenvalue weighted by atomic mass is 10.2. The summed E-state index contributed by atoms with van der Waals surface area (Å²) in [5, 5.41) is 2.76. The molecule has 1 aliphatic heterocycles. The van der Waals surface area contributed by atoms with E-state index in [-0.39, 0.29) is 19.0 Å². The molecular weight excluding hydrogens is 260 g/mol. The summed E-state index contributed by atoms with van der Waals surface area (Å²) in [5.41, 5.74) is 1.62. The van der Waals surface area contributed by atoms with Crippen molar-refractivity contribution in [1.29, 1.82) is 0 Å². The van der Waals surface area contributed by atoms with Crippen molar-refractivity contribution in [1.82, 2.24) is 0 Å². The van der Waals surface area contributed by atoms with E-state index in [0.717, 1.165) is 22.1 Å². The van der Waals surface area contributed by atoms with Crippen molar-refractivity contribution in [2.75, 3.05) is 23.3 Å². The predicted octanol–water partition coefficient (Wildman–Crippen LogP) is 1.41. The molecule has 0 unspecified atom stereocenters. The minimum absolute atomic E-state index is 0.0910. The Morgan fingerprint density at radius 1 is 1.53 bits per heavy atom. The van der Waals surface area contributed by atoms with E-state index in [2.05, 4.69) is 21.2 Å². The van der Waals surface area contributed by atoms with E-state index in [9.17, 15) is 9.59 Å². The van der Waals surface area contributed by atoms with Crippen LogP contribution in [0.5, 0.6) is 0 Å². The molecule has 1 amide bonds. The largest absolute Gasteiger partial charge is 0.353 e. The van der Waals surface area contributed by atoms with E-state index in [1.807, 2.05) is 18.2 Å². The van der Waals surface area contributed by atoms with Crippen LogP contribution < -0.4 is 10.2 Å². The molecule has 0 radical (unpaired) electrons. The smallest absolute Gasteiger partial charge is 0.243 e. The molecule has 78 valence electrons. The van der Waals surface area contributed by atoms with E-state index < -0.39 is 0 Å². The summed E-state index contributed by atoms with van der Waals surface area (Å²) in [4.78, 5) is 23.5. The number of carbonyl (C=O) groups excluding carboxylic acids is 2. The number of nitrogens with zero attached hydrogens (tertiary/aromatic N) is 1. The molecule has 0 bridgehead atoms. The summed E-state index contributed by atoms with van der Waals surface area (Å²) in [7, 11) is 0. The number of hydrogen-bond acceptors (Lipinski definition) is 3. The first-order valence-corrected chi connectivity index (χ1v) is 5.28. The molecule has 0 atom stereocenters. The van der Waals surface area contributed by atoms with Crippen LogP contribution in [0.4, 0.5) is 11.4 Å². The standard InChI is InChI=1S/C10H9BrN2O2/c11-7-1-2-8-9(5-7)13(3-4-14)6-10(15)12-8/h1-2,4-5H,3,6H2,(H,12,15). The van der Waals surface area contributed by atoms with Crippen LogP contribution >= 0.6 is 15.9 Å². The van der Waals surface area contributed by atoms with Crippen LogP contribution in [0.3, 0.4) is 0 Å². The average Bonchev–Trinajstić information content (AvgIpc) is 2.19. The van der Waals surface area contributed by atoms with Crippen LogP contribution in [0.15, 0.2) is 22.7 Å². The van der Waals surface area contributed by atoms with Gasteiger partial charge in [-0.2, -0.15) is 0 Å². The van der Waals surface area contributed by atoms with Crippen LogP contribution in [0.25, 0.3) is 0 Å². The van der Waals surface area contributed by atoms with Crippen molar-refractivity contribution in [3.8, 4) is 0 Å². The normalized spacial score (nSPS) is 14.5. The number of halogens is 1. The number of carbonyl (C=O) groups is 2. The van der Waals surface area contributed by atoms with Gasteiger partial charge in [-0.25, -0.2) is 0 Å². The van der Waals surface area contributed by atoms with Crippen LogP contribution in [-0.4, -0.2) is 25.3 Å². The first kappa shape index (κ1) is 10.2. The predicted molar refractivity (Wildman–Crippen MR) is 61.0 cm³/mol. The van der Waals surface area contributed by atoms with Crippen molar-refractivity contribution in [2.24, 2.45) is 0 Å². The number of amides is 1. The van der Waals surface area contributed by atoms with E-state index in [1.165, 1.54) is 0 Å². The summed E-state index contributed by atoms with van der Waals surface area (Å²) < 4.78 is 0.924. The minimum atomic E-state index is -0.0910. The van der Waals surface area contributed by atoms with Gasteiger partial charge >= 0.3 is 0 Å². The van der Waals surface area contributed by atoms with Gasteiger partial charge in [0.1, 0.15) is 6.29 Å². The lowest BCUT2D eigenvalue weighted by Crippen LogP contribution is -2.39. The zero-order chi connectivity index (χ0) is 10.8. The highest BCUT2D eigenvalue weighted by Crippen LogP contribution is 2.31. The van der Waals surface area contributed by atoms with Crippen LogP contribution in [0.1, 0.15) is 0 Å². The van der Waals surface area contributed by atoms with Crippen molar-refractivity contribution in [3.05, 3.63) is 22.7 Å². The van der Waals surface area contributed by atoms with Gasteiger partial charge in [-0.15, -0.1) is 0 Å². The SMILES string of the molecule is O=CCN1CC(=O)Nc2ccc(Br)cc21. The van der Waals surface area contributed by atoms with Gasteiger partial charge in [0.25, 0.3) is 0 Å². The molecule has 2 rings (SSSR count). The molecule has 0 spiro atoms. The third-order valence-electron chi connectivity index (χ3n) is 2.20. The molecular formula is C10H9BrN2O2. The summed E-state index contributed by atoms with van der Waals surface area (Å²) in [6.07, 6.45) is 0.795. The van der Waals surface area contributed by atoms with Crippen molar-refractivity contribution < 1.29 is 9.59 Å². The number of nitrogens with one attached hydrogen (secondary N) is 1. The fourth-order valence-electron chi connectivity index (χ4n) is 1.57. The molecule has 1 aromatic rings. The molecule has 1 aliphatic rings. The Morgan fingerprint density at radius 2 is 2.33 bits per heavy atom. The highest BCUT2D eigenvalue weighted by atomic mass is 79.9. The zero-order valence-corrected chi connectivity index (χ0v) is 9.45. The van der Waals surface area contributed by atoms with Gasteiger partial charge in [-0.05, 0) is 18.2 Å². The van der Waals surface area contributed by atoms with Gasteiger partial charge in [0.2, 0.25) is 5.91 Å². The third kappa shape index (κ3) is 2.02. The number of fused-ring (bicyclic) bond motifs is 1. The van der Waals surface area contributed by atoms with Crippen molar-refractivity contribution in [2.45, 2.75) is 0 Å². The van der Waals surface area contributed by atoms with Gasteiger partial charge in [0, 0.05) is 4.47 Å². The summed E-state index contributed by atoms with van der Waals surface area (Å²) in [6, 6.07) is 5.55. The Hall–Kier alpha value is -1.36. The molecule has 0 aromatic heterocycles. The topological polar surface area (TPSA) is 49.4 Å². The fourth-order valence-corrected chi connectivity index (χ4v) is 1.92. The van der Waals surface area contributed by atoms with Crippen LogP contribution in [-0.2, 0) is 9.59 Å². The second-order valence-electron chi connectivity index (χ2n) is 3.26. The van der Waals surface area contributed by atoms with Gasteiger partial charge in [0.05, 0.1) is 24.5 Å². The molecule has 0 aliphatic carbocycles. The molecule has 4 nitrogen and oxygen atoms in total. The van der Waals surface area contributed by atoms with Crippen LogP contribution in [0.2, 0.25) is 0 Å². The lowest BCUT2D eigenvalue weighted by Gasteiger charge is -2.29. The van der Waals surface area contributed by atoms with E-state index in [4.69, 9.17) is 0 Å². The lowest BCUT2D eigenvalue weighted by molar-refractivity contribution is -0.115. The quantitative estimate of drug-likeness (QED) is 0.826. The Kier molecular flexibility index (Phi) is 2.73. The first-order chi connectivity index (χ1) is 7.20. The minimum Gasteiger partial charge on any atom is -0.353 e. The van der Waals surface area contributed by atoms with Gasteiger partial charge in [0.15, 0.2) is 0 Å². The monoisotopic (exact) mass is 268 g/mol. The Morgan fingerprint density at radius 3 is 3.07 bits per heavy atom. The third-order valence-corrected chi connectivity index (χ3v) is 2.70. The highest BCUT2D eigenvalue weighted by Gasteiger charge is 2.21. The maximum atomic E-state index is 11.3. The van der Waals surface area contributed by atoms with E-state index in [1.54, 1.807) is 4.90 Å². The second-order valence-corrected chi connectivity index (χ2v) is 4.17. The highest BCUT2D eigenvalue weighted by molar-refractivity contribution is 9.10. The van der Waals surface area contributed by atoms with Crippen molar-refractivity contribution in [3.63, 3.8) is 0 Å². The summed E-state index contributed by atoms with van der Waals surface area (Å²) >= 11 is 3.36. The van der Waals surface area contributed by atoms with Crippen LogP contribution in [0, 0.1) is 0 Å². The molecule has 0 saturated heterocycles. The second kappa shape index (κ2) is 4.02. The molecule has 0 saturated carbocycles. The molecule has 1 N–H and O–H groups in total. The molecule has 0 fully saturated rings. The van der Waals surface area contributed by atoms with Crippen molar-refractivity contribution >= 4 is 39.5 Å². The average molecular weight is 269 g/mol. The first-order valence-electron chi connectivity index (χ1n) is 4.48. The van der Waals surface area contributed by atoms with Gasteiger partial charge in [-0.3, -0.25) is 4.79 Å². The van der Waals surface area contributed by atoms with E-state index >= 15 is 0 Å². The maximum Gasteiger partial charge on any atom is 0.243 e. The van der Waals surface area contributed by atoms with Gasteiger partial charge < -0.3 is 15.0 Å². The summed E-state index contributed by atoms with van der Waals surface area (Å²) in [6.45, 7) is 0.457. The zero-order valence-electron chi connectivity index (χ0n) is 7.87. The summed E-state index contributed by atoms with van der Waals surface area (Å²) in [5.74, 6) is -0.0910. The molecule has 15 heavy (non-hydrogen) atoms. The van der Waals surface area contributed by atoms with Gasteiger partial charge in [-0.1, -0.05) is 15.9 Å². The number of hydrogen-bond donors (Lipinski definition) is 1. The molecule has 1 heterocycles. The molecule has 5 heteroatoms. The Balaban J connectivity index is 2.42.